The average Bonchev–Trinajstić information content (AvgIpc) is 3.10. The summed E-state index contributed by atoms with van der Waals surface area (Å²) in [4.78, 5) is 24.4. The van der Waals surface area contributed by atoms with Gasteiger partial charge in [-0.3, -0.25) is 9.69 Å². The van der Waals surface area contributed by atoms with Crippen molar-refractivity contribution in [1.82, 2.24) is 5.32 Å². The number of alkyl halides is 3. The third-order valence-electron chi connectivity index (χ3n) is 5.16. The van der Waals surface area contributed by atoms with Crippen LogP contribution in [-0.2, 0) is 16.0 Å². The Hall–Kier alpha value is -3.10. The molecule has 0 spiro atoms. The first-order chi connectivity index (χ1) is 15.1. The second-order valence-electron chi connectivity index (χ2n) is 7.74. The first-order valence-corrected chi connectivity index (χ1v) is 10.3. The molecule has 0 aliphatic carbocycles. The van der Waals surface area contributed by atoms with Gasteiger partial charge in [0.15, 0.2) is 0 Å². The van der Waals surface area contributed by atoms with Crippen molar-refractivity contribution in [1.29, 1.82) is 0 Å². The summed E-state index contributed by atoms with van der Waals surface area (Å²) in [6.45, 7) is 1.74. The second kappa shape index (κ2) is 10.0. The van der Waals surface area contributed by atoms with E-state index in [0.29, 0.717) is 29.7 Å². The molecule has 0 saturated carbocycles. The van der Waals surface area contributed by atoms with E-state index in [-0.39, 0.29) is 25.4 Å². The fraction of sp³-hybridized carbons (Fsp3) is 0.391. The van der Waals surface area contributed by atoms with Crippen molar-refractivity contribution in [2.45, 2.75) is 44.9 Å². The van der Waals surface area contributed by atoms with E-state index < -0.39 is 30.6 Å². The fourth-order valence-electron chi connectivity index (χ4n) is 3.51. The fourth-order valence-corrected chi connectivity index (χ4v) is 3.51. The highest BCUT2D eigenvalue weighted by molar-refractivity contribution is 5.90. The molecule has 1 fully saturated rings. The summed E-state index contributed by atoms with van der Waals surface area (Å²) < 4.78 is 56.6. The maximum absolute atomic E-state index is 14.8. The van der Waals surface area contributed by atoms with Crippen molar-refractivity contribution in [2.24, 2.45) is 0 Å². The Labute approximate surface area is 183 Å². The predicted octanol–water partition coefficient (Wildman–Crippen LogP) is 5.23. The number of hydrogen-bond donors (Lipinski definition) is 1. The molecule has 5 nitrogen and oxygen atoms in total. The summed E-state index contributed by atoms with van der Waals surface area (Å²) in [6, 6.07) is 11.4. The molecule has 2 aromatic carbocycles. The van der Waals surface area contributed by atoms with Crippen molar-refractivity contribution < 1.29 is 31.9 Å². The Balaban J connectivity index is 1.61. The van der Waals surface area contributed by atoms with E-state index in [1.165, 1.54) is 17.9 Å². The van der Waals surface area contributed by atoms with Crippen molar-refractivity contribution in [3.05, 3.63) is 53.8 Å². The summed E-state index contributed by atoms with van der Waals surface area (Å²) in [5.74, 6) is -0.749. The first-order valence-electron chi connectivity index (χ1n) is 10.3. The summed E-state index contributed by atoms with van der Waals surface area (Å²) in [6.07, 6.45) is -5.02. The minimum absolute atomic E-state index is 0.0753. The zero-order valence-corrected chi connectivity index (χ0v) is 17.5. The molecule has 1 saturated heterocycles. The molecule has 2 aromatic rings. The van der Waals surface area contributed by atoms with Gasteiger partial charge in [0.2, 0.25) is 5.91 Å². The van der Waals surface area contributed by atoms with Gasteiger partial charge in [0, 0.05) is 18.9 Å². The minimum Gasteiger partial charge on any atom is -0.442 e. The highest BCUT2D eigenvalue weighted by atomic mass is 19.4. The van der Waals surface area contributed by atoms with Crippen LogP contribution in [0.2, 0.25) is 0 Å². The standard InChI is InChI=1S/C23H24F4N2O3/c1-15(30)28-13-19-14-29(22(31)32-19)18-9-10-20(21(24)12-18)17-7-5-16(6-8-17)4-2-3-11-23(25,26)27/h5-10,12,19H,2-4,11,13-14H2,1H3,(H,28,30). The molecule has 1 N–H and O–H groups in total. The number of carbonyl (C=O) groups is 2. The largest absolute Gasteiger partial charge is 0.442 e. The van der Waals surface area contributed by atoms with Crippen LogP contribution in [0.15, 0.2) is 42.5 Å². The highest BCUT2D eigenvalue weighted by Crippen LogP contribution is 2.29. The lowest BCUT2D eigenvalue weighted by Gasteiger charge is -2.15. The van der Waals surface area contributed by atoms with Crippen LogP contribution < -0.4 is 10.2 Å². The van der Waals surface area contributed by atoms with Crippen LogP contribution >= 0.6 is 0 Å². The Bertz CT molecular complexity index is 961. The van der Waals surface area contributed by atoms with E-state index in [0.717, 1.165) is 5.56 Å². The molecule has 1 atom stereocenters. The van der Waals surface area contributed by atoms with Crippen molar-refractivity contribution in [2.75, 3.05) is 18.0 Å². The molecule has 1 aliphatic heterocycles. The number of aryl methyl sites for hydroxylation is 1. The number of nitrogens with zero attached hydrogens (tertiary/aromatic N) is 1. The summed E-state index contributed by atoms with van der Waals surface area (Å²) in [5.41, 5.74) is 2.21. The summed E-state index contributed by atoms with van der Waals surface area (Å²) in [5, 5.41) is 2.58. The number of cyclic esters (lactones) is 1. The van der Waals surface area contributed by atoms with Crippen LogP contribution in [0.25, 0.3) is 11.1 Å². The SMILES string of the molecule is CC(=O)NCC1CN(c2ccc(-c3ccc(CCCCC(F)(F)F)cc3)c(F)c2)C(=O)O1. The van der Waals surface area contributed by atoms with E-state index in [4.69, 9.17) is 4.74 Å². The summed E-state index contributed by atoms with van der Waals surface area (Å²) in [7, 11) is 0. The molecule has 3 rings (SSSR count). The molecule has 1 unspecified atom stereocenters. The van der Waals surface area contributed by atoms with Crippen molar-refractivity contribution in [3.8, 4) is 11.1 Å². The smallest absolute Gasteiger partial charge is 0.414 e. The number of amides is 2. The van der Waals surface area contributed by atoms with Gasteiger partial charge in [0.05, 0.1) is 18.8 Å². The number of hydrogen-bond acceptors (Lipinski definition) is 3. The Morgan fingerprint density at radius 1 is 1.16 bits per heavy atom. The van der Waals surface area contributed by atoms with E-state index in [9.17, 15) is 27.2 Å². The van der Waals surface area contributed by atoms with Gasteiger partial charge >= 0.3 is 12.3 Å². The number of carbonyl (C=O) groups excluding carboxylic acids is 2. The van der Waals surface area contributed by atoms with Crippen LogP contribution in [0.1, 0.15) is 31.7 Å². The molecular formula is C23H24F4N2O3. The van der Waals surface area contributed by atoms with Crippen molar-refractivity contribution >= 4 is 17.7 Å². The van der Waals surface area contributed by atoms with Gasteiger partial charge in [0.25, 0.3) is 0 Å². The molecule has 9 heteroatoms. The van der Waals surface area contributed by atoms with Crippen molar-refractivity contribution in [3.63, 3.8) is 0 Å². The third kappa shape index (κ3) is 6.45. The first kappa shape index (κ1) is 23.6. The van der Waals surface area contributed by atoms with E-state index >= 15 is 0 Å². The number of rotatable bonds is 8. The van der Waals surface area contributed by atoms with Gasteiger partial charge in [-0.2, -0.15) is 13.2 Å². The lowest BCUT2D eigenvalue weighted by atomic mass is 10.0. The molecule has 0 radical (unpaired) electrons. The lowest BCUT2D eigenvalue weighted by molar-refractivity contribution is -0.135. The number of unbranched alkanes of at least 4 members (excludes halogenated alkanes) is 1. The molecule has 1 heterocycles. The normalized spacial score (nSPS) is 16.2. The maximum atomic E-state index is 14.8. The zero-order valence-electron chi connectivity index (χ0n) is 17.5. The molecule has 0 bridgehead atoms. The molecule has 172 valence electrons. The Morgan fingerprint density at radius 3 is 2.50 bits per heavy atom. The average molecular weight is 452 g/mol. The van der Waals surface area contributed by atoms with Crippen LogP contribution in [0, 0.1) is 5.82 Å². The zero-order chi connectivity index (χ0) is 23.3. The van der Waals surface area contributed by atoms with Crippen LogP contribution in [-0.4, -0.2) is 37.4 Å². The van der Waals surface area contributed by atoms with Gasteiger partial charge in [-0.15, -0.1) is 0 Å². The van der Waals surface area contributed by atoms with Crippen LogP contribution in [0.4, 0.5) is 28.0 Å². The van der Waals surface area contributed by atoms with E-state index in [1.54, 1.807) is 36.4 Å². The van der Waals surface area contributed by atoms with Gasteiger partial charge < -0.3 is 10.1 Å². The third-order valence-corrected chi connectivity index (χ3v) is 5.16. The lowest BCUT2D eigenvalue weighted by Crippen LogP contribution is -2.33. The quantitative estimate of drug-likeness (QED) is 0.441. The topological polar surface area (TPSA) is 58.6 Å². The molecule has 1 aliphatic rings. The van der Waals surface area contributed by atoms with Gasteiger partial charge in [-0.25, -0.2) is 9.18 Å². The van der Waals surface area contributed by atoms with Crippen LogP contribution in [0.3, 0.4) is 0 Å². The van der Waals surface area contributed by atoms with E-state index in [2.05, 4.69) is 5.32 Å². The number of benzene rings is 2. The van der Waals surface area contributed by atoms with Gasteiger partial charge in [-0.1, -0.05) is 24.3 Å². The monoisotopic (exact) mass is 452 g/mol. The molecule has 32 heavy (non-hydrogen) atoms. The Kier molecular flexibility index (Phi) is 7.37. The Morgan fingerprint density at radius 2 is 1.88 bits per heavy atom. The number of ether oxygens (including phenoxy) is 1. The predicted molar refractivity (Wildman–Crippen MR) is 112 cm³/mol. The number of anilines is 1. The molecule has 2 amide bonds. The number of nitrogens with one attached hydrogen (secondary N) is 1. The summed E-state index contributed by atoms with van der Waals surface area (Å²) >= 11 is 0. The van der Waals surface area contributed by atoms with Crippen LogP contribution in [0.5, 0.6) is 0 Å². The van der Waals surface area contributed by atoms with Gasteiger partial charge in [0.1, 0.15) is 11.9 Å². The van der Waals surface area contributed by atoms with Gasteiger partial charge in [-0.05, 0) is 48.6 Å². The number of halogens is 4. The van der Waals surface area contributed by atoms with E-state index in [1.807, 2.05) is 0 Å². The second-order valence-corrected chi connectivity index (χ2v) is 7.74. The minimum atomic E-state index is -4.13. The highest BCUT2D eigenvalue weighted by Gasteiger charge is 2.32. The maximum Gasteiger partial charge on any atom is 0.414 e. The molecule has 0 aromatic heterocycles. The molecular weight excluding hydrogens is 428 g/mol.